The van der Waals surface area contributed by atoms with E-state index in [1.807, 2.05) is 0 Å². The average Bonchev–Trinajstić information content (AvgIpc) is 1.90. The third-order valence-corrected chi connectivity index (χ3v) is 1.62. The molecule has 1 nitrogen and oxygen atoms in total. The molecule has 1 rings (SSSR count). The molecule has 0 saturated heterocycles. The molecule has 0 atom stereocenters. The zero-order valence-corrected chi connectivity index (χ0v) is 6.04. The molecule has 0 N–H and O–H groups in total. The van der Waals surface area contributed by atoms with Crippen molar-refractivity contribution in [3.05, 3.63) is 24.2 Å². The Balaban J connectivity index is 2.46. The van der Waals surface area contributed by atoms with Crippen LogP contribution in [-0.4, -0.2) is 25.8 Å². The standard InChI is InChI=1S/C7H12BN/c1-9(2)8-6-4-3-5-7-8/h3-6H,7H2,1-2H3. The minimum atomic E-state index is 0.620. The summed E-state index contributed by atoms with van der Waals surface area (Å²) in [5, 5.41) is 0. The lowest BCUT2D eigenvalue weighted by Gasteiger charge is -2.16. The molecule has 0 aliphatic carbocycles. The zero-order chi connectivity index (χ0) is 6.69. The summed E-state index contributed by atoms with van der Waals surface area (Å²) in [6.45, 7) is 0.620. The summed E-state index contributed by atoms with van der Waals surface area (Å²) in [7, 11) is 4.21. The van der Waals surface area contributed by atoms with Gasteiger partial charge in [0, 0.05) is 0 Å². The third-order valence-electron chi connectivity index (χ3n) is 1.62. The maximum absolute atomic E-state index is 2.22. The van der Waals surface area contributed by atoms with Crippen LogP contribution >= 0.6 is 0 Å². The first kappa shape index (κ1) is 6.62. The highest BCUT2D eigenvalue weighted by atomic mass is 15.0. The van der Waals surface area contributed by atoms with Gasteiger partial charge in [0.05, 0.1) is 0 Å². The van der Waals surface area contributed by atoms with Crippen LogP contribution in [0.3, 0.4) is 0 Å². The summed E-state index contributed by atoms with van der Waals surface area (Å²) in [4.78, 5) is 2.22. The first-order valence-corrected chi connectivity index (χ1v) is 3.30. The maximum Gasteiger partial charge on any atom is 0.253 e. The van der Waals surface area contributed by atoms with Crippen molar-refractivity contribution in [1.29, 1.82) is 0 Å². The van der Waals surface area contributed by atoms with Gasteiger partial charge in [-0.3, -0.25) is 0 Å². The Morgan fingerprint density at radius 1 is 1.33 bits per heavy atom. The highest BCUT2D eigenvalue weighted by Gasteiger charge is 2.11. The van der Waals surface area contributed by atoms with Crippen LogP contribution in [0.1, 0.15) is 0 Å². The molecule has 48 valence electrons. The van der Waals surface area contributed by atoms with Crippen LogP contribution in [0.4, 0.5) is 0 Å². The lowest BCUT2D eigenvalue weighted by molar-refractivity contribution is 0.647. The fourth-order valence-electron chi connectivity index (χ4n) is 0.950. The predicted molar refractivity (Wildman–Crippen MR) is 42.5 cm³/mol. The fraction of sp³-hybridized carbons (Fsp3) is 0.429. The van der Waals surface area contributed by atoms with Gasteiger partial charge in [-0.1, -0.05) is 24.2 Å². The van der Waals surface area contributed by atoms with Crippen molar-refractivity contribution in [2.75, 3.05) is 14.1 Å². The van der Waals surface area contributed by atoms with Gasteiger partial charge in [-0.15, -0.1) is 0 Å². The Morgan fingerprint density at radius 2 is 2.11 bits per heavy atom. The van der Waals surface area contributed by atoms with Gasteiger partial charge < -0.3 is 4.81 Å². The Labute approximate surface area is 57.1 Å². The first-order valence-electron chi connectivity index (χ1n) is 3.30. The second-order valence-corrected chi connectivity index (χ2v) is 2.58. The fourth-order valence-corrected chi connectivity index (χ4v) is 0.950. The van der Waals surface area contributed by atoms with E-state index < -0.39 is 0 Å². The smallest absolute Gasteiger partial charge is 0.253 e. The van der Waals surface area contributed by atoms with Crippen molar-refractivity contribution >= 4 is 6.85 Å². The molecule has 0 aromatic heterocycles. The molecule has 0 spiro atoms. The normalized spacial score (nSPS) is 17.4. The molecule has 0 bridgehead atoms. The summed E-state index contributed by atoms with van der Waals surface area (Å²) in [5.74, 6) is 2.22. The molecule has 0 aromatic rings. The van der Waals surface area contributed by atoms with Gasteiger partial charge in [0.15, 0.2) is 0 Å². The van der Waals surface area contributed by atoms with E-state index in [1.165, 1.54) is 0 Å². The topological polar surface area (TPSA) is 3.24 Å². The van der Waals surface area contributed by atoms with Gasteiger partial charge in [0.25, 0.3) is 6.85 Å². The molecule has 1 aliphatic heterocycles. The van der Waals surface area contributed by atoms with Gasteiger partial charge in [-0.2, -0.15) is 0 Å². The van der Waals surface area contributed by atoms with E-state index >= 15 is 0 Å². The largest absolute Gasteiger partial charge is 0.344 e. The van der Waals surface area contributed by atoms with Gasteiger partial charge in [-0.05, 0) is 20.4 Å². The van der Waals surface area contributed by atoms with Gasteiger partial charge in [-0.25, -0.2) is 0 Å². The lowest BCUT2D eigenvalue weighted by atomic mass is 9.56. The molecular weight excluding hydrogens is 109 g/mol. The van der Waals surface area contributed by atoms with Gasteiger partial charge in [0.2, 0.25) is 0 Å². The average molecular weight is 121 g/mol. The van der Waals surface area contributed by atoms with Crippen LogP contribution in [0.2, 0.25) is 6.32 Å². The maximum atomic E-state index is 2.22. The molecule has 9 heavy (non-hydrogen) atoms. The van der Waals surface area contributed by atoms with Gasteiger partial charge in [0.1, 0.15) is 0 Å². The van der Waals surface area contributed by atoms with Crippen molar-refractivity contribution in [3.8, 4) is 0 Å². The molecular formula is C7H12BN. The van der Waals surface area contributed by atoms with E-state index in [0.29, 0.717) is 6.85 Å². The second-order valence-electron chi connectivity index (χ2n) is 2.58. The van der Waals surface area contributed by atoms with Crippen molar-refractivity contribution in [1.82, 2.24) is 4.81 Å². The van der Waals surface area contributed by atoms with E-state index in [1.54, 1.807) is 0 Å². The molecule has 0 radical (unpaired) electrons. The minimum Gasteiger partial charge on any atom is -0.344 e. The molecule has 2 heteroatoms. The van der Waals surface area contributed by atoms with E-state index in [0.717, 1.165) is 6.32 Å². The van der Waals surface area contributed by atoms with Crippen LogP contribution in [0.5, 0.6) is 0 Å². The summed E-state index contributed by atoms with van der Waals surface area (Å²) < 4.78 is 0. The molecule has 1 heterocycles. The zero-order valence-electron chi connectivity index (χ0n) is 6.04. The van der Waals surface area contributed by atoms with E-state index in [4.69, 9.17) is 0 Å². The number of hydrogen-bond acceptors (Lipinski definition) is 1. The summed E-state index contributed by atoms with van der Waals surface area (Å²) in [6.07, 6.45) is 7.56. The van der Waals surface area contributed by atoms with Crippen LogP contribution in [0.25, 0.3) is 0 Å². The number of hydrogen-bond donors (Lipinski definition) is 0. The molecule has 0 fully saturated rings. The first-order chi connectivity index (χ1) is 4.30. The van der Waals surface area contributed by atoms with Crippen LogP contribution < -0.4 is 0 Å². The highest BCUT2D eigenvalue weighted by molar-refractivity contribution is 6.62. The van der Waals surface area contributed by atoms with E-state index in [-0.39, 0.29) is 0 Å². The van der Waals surface area contributed by atoms with Crippen molar-refractivity contribution in [2.24, 2.45) is 0 Å². The van der Waals surface area contributed by atoms with Crippen LogP contribution in [-0.2, 0) is 0 Å². The Hall–Kier alpha value is -0.495. The SMILES string of the molecule is CN(C)B1C=CC=CC1. The van der Waals surface area contributed by atoms with Crippen molar-refractivity contribution in [2.45, 2.75) is 6.32 Å². The summed E-state index contributed by atoms with van der Waals surface area (Å²) in [6, 6.07) is 0. The van der Waals surface area contributed by atoms with Crippen molar-refractivity contribution in [3.63, 3.8) is 0 Å². The third kappa shape index (κ3) is 1.72. The minimum absolute atomic E-state index is 0.620. The number of rotatable bonds is 1. The lowest BCUT2D eigenvalue weighted by Crippen LogP contribution is -2.30. The summed E-state index contributed by atoms with van der Waals surface area (Å²) in [5.41, 5.74) is 0. The van der Waals surface area contributed by atoms with E-state index in [9.17, 15) is 0 Å². The summed E-state index contributed by atoms with van der Waals surface area (Å²) >= 11 is 0. The molecule has 0 unspecified atom stereocenters. The molecule has 0 amide bonds. The number of allylic oxidation sites excluding steroid dienone is 3. The predicted octanol–water partition coefficient (Wildman–Crippen LogP) is 1.20. The Kier molecular flexibility index (Phi) is 2.12. The Bertz CT molecular complexity index is 138. The monoisotopic (exact) mass is 121 g/mol. The Morgan fingerprint density at radius 3 is 2.44 bits per heavy atom. The number of nitrogens with zero attached hydrogens (tertiary/aromatic N) is 1. The van der Waals surface area contributed by atoms with Crippen LogP contribution in [0.15, 0.2) is 24.2 Å². The van der Waals surface area contributed by atoms with E-state index in [2.05, 4.69) is 43.1 Å². The second kappa shape index (κ2) is 2.88. The van der Waals surface area contributed by atoms with Gasteiger partial charge >= 0.3 is 0 Å². The molecule has 0 aromatic carbocycles. The quantitative estimate of drug-likeness (QED) is 0.471. The molecule has 0 saturated carbocycles. The van der Waals surface area contributed by atoms with Crippen LogP contribution in [0, 0.1) is 0 Å². The molecule has 1 aliphatic rings. The highest BCUT2D eigenvalue weighted by Crippen LogP contribution is 2.03. The van der Waals surface area contributed by atoms with Crippen molar-refractivity contribution < 1.29 is 0 Å².